The average Bonchev–Trinajstić information content (AvgIpc) is 2.94. The predicted molar refractivity (Wildman–Crippen MR) is 82.1 cm³/mol. The van der Waals surface area contributed by atoms with Gasteiger partial charge in [0.05, 0.1) is 0 Å². The molecule has 0 N–H and O–H groups in total. The van der Waals surface area contributed by atoms with E-state index < -0.39 is 29.7 Å². The number of imide groups is 1. The van der Waals surface area contributed by atoms with Crippen LogP contribution < -0.4 is 0 Å². The number of aryl methyl sites for hydroxylation is 1. The zero-order chi connectivity index (χ0) is 17.1. The summed E-state index contributed by atoms with van der Waals surface area (Å²) in [5.41, 5.74) is 1.16. The van der Waals surface area contributed by atoms with Crippen LogP contribution in [0.3, 0.4) is 0 Å². The number of hydrogen-bond donors (Lipinski definition) is 0. The maximum absolute atomic E-state index is 13.2. The van der Waals surface area contributed by atoms with Crippen LogP contribution in [0.1, 0.15) is 23.6 Å². The molecule has 0 unspecified atom stereocenters. The van der Waals surface area contributed by atoms with Crippen molar-refractivity contribution in [3.63, 3.8) is 0 Å². The molecule has 2 aromatic carbocycles. The van der Waals surface area contributed by atoms with Gasteiger partial charge in [0.2, 0.25) is 5.91 Å². The van der Waals surface area contributed by atoms with Gasteiger partial charge in [-0.1, -0.05) is 30.3 Å². The second kappa shape index (κ2) is 6.78. The Kier molecular flexibility index (Phi) is 4.55. The van der Waals surface area contributed by atoms with Crippen LogP contribution in [0.5, 0.6) is 0 Å². The minimum atomic E-state index is -0.695. The van der Waals surface area contributed by atoms with Crippen LogP contribution in [-0.4, -0.2) is 23.5 Å². The van der Waals surface area contributed by atoms with Crippen LogP contribution in [0.25, 0.3) is 0 Å². The first-order valence-corrected chi connectivity index (χ1v) is 7.53. The normalized spacial score (nSPS) is 17.0. The number of ether oxygens (including phenoxy) is 1. The van der Waals surface area contributed by atoms with Crippen LogP contribution in [0, 0.1) is 11.6 Å². The van der Waals surface area contributed by atoms with Gasteiger partial charge in [0.15, 0.2) is 0 Å². The van der Waals surface area contributed by atoms with Crippen molar-refractivity contribution in [1.29, 1.82) is 0 Å². The lowest BCUT2D eigenvalue weighted by Crippen LogP contribution is -2.34. The van der Waals surface area contributed by atoms with Crippen LogP contribution in [0.4, 0.5) is 13.6 Å². The van der Waals surface area contributed by atoms with Crippen molar-refractivity contribution < 1.29 is 23.1 Å². The van der Waals surface area contributed by atoms with Gasteiger partial charge < -0.3 is 4.74 Å². The Hall–Kier alpha value is -2.76. The summed E-state index contributed by atoms with van der Waals surface area (Å²) in [6.07, 6.45) is -0.598. The second-order valence-electron chi connectivity index (χ2n) is 5.54. The van der Waals surface area contributed by atoms with E-state index in [4.69, 9.17) is 4.74 Å². The molecule has 1 saturated heterocycles. The summed E-state index contributed by atoms with van der Waals surface area (Å²) in [6, 6.07) is 11.7. The van der Waals surface area contributed by atoms with Crippen molar-refractivity contribution >= 4 is 12.0 Å². The summed E-state index contributed by atoms with van der Waals surface area (Å²) in [5.74, 6) is -1.82. The number of nitrogens with zero attached hydrogens (tertiary/aromatic N) is 1. The Bertz CT molecular complexity index is 744. The fourth-order valence-corrected chi connectivity index (χ4v) is 2.74. The highest BCUT2D eigenvalue weighted by Crippen LogP contribution is 2.28. The van der Waals surface area contributed by atoms with Crippen molar-refractivity contribution in [3.05, 3.63) is 71.3 Å². The Morgan fingerprint density at radius 1 is 1.12 bits per heavy atom. The molecule has 1 heterocycles. The molecule has 2 aromatic rings. The van der Waals surface area contributed by atoms with Gasteiger partial charge in [-0.25, -0.2) is 18.5 Å². The maximum Gasteiger partial charge on any atom is 0.417 e. The van der Waals surface area contributed by atoms with E-state index in [0.29, 0.717) is 5.56 Å². The lowest BCUT2D eigenvalue weighted by atomic mass is 10.1. The van der Waals surface area contributed by atoms with Gasteiger partial charge in [0, 0.05) is 12.5 Å². The number of benzene rings is 2. The molecule has 3 rings (SSSR count). The lowest BCUT2D eigenvalue weighted by molar-refractivity contribution is -0.129. The van der Waals surface area contributed by atoms with Gasteiger partial charge in [-0.05, 0) is 29.7 Å². The number of carbonyl (C=O) groups excluding carboxylic acids is 2. The number of cyclic esters (lactones) is 1. The molecule has 1 aliphatic rings. The Morgan fingerprint density at radius 3 is 2.46 bits per heavy atom. The highest BCUT2D eigenvalue weighted by Gasteiger charge is 2.38. The average molecular weight is 331 g/mol. The summed E-state index contributed by atoms with van der Waals surface area (Å²) in [7, 11) is 0. The molecule has 1 fully saturated rings. The van der Waals surface area contributed by atoms with E-state index in [0.717, 1.165) is 16.5 Å². The zero-order valence-electron chi connectivity index (χ0n) is 12.7. The molecule has 0 radical (unpaired) electrons. The smallest absolute Gasteiger partial charge is 0.417 e. The predicted octanol–water partition coefficient (Wildman–Crippen LogP) is 3.62. The molecule has 124 valence electrons. The van der Waals surface area contributed by atoms with Crippen LogP contribution in [-0.2, 0) is 16.0 Å². The first-order chi connectivity index (χ1) is 11.5. The molecule has 0 bridgehead atoms. The monoisotopic (exact) mass is 331 g/mol. The van der Waals surface area contributed by atoms with Crippen LogP contribution in [0.2, 0.25) is 0 Å². The second-order valence-corrected chi connectivity index (χ2v) is 5.54. The summed E-state index contributed by atoms with van der Waals surface area (Å²) in [5, 5.41) is 0. The summed E-state index contributed by atoms with van der Waals surface area (Å²) < 4.78 is 31.4. The van der Waals surface area contributed by atoms with Gasteiger partial charge in [0.1, 0.15) is 24.3 Å². The van der Waals surface area contributed by atoms with Gasteiger partial charge >= 0.3 is 6.09 Å². The number of carbonyl (C=O) groups is 2. The summed E-state index contributed by atoms with van der Waals surface area (Å²) >= 11 is 0. The number of amides is 2. The minimum Gasteiger partial charge on any atom is -0.446 e. The van der Waals surface area contributed by atoms with E-state index in [-0.39, 0.29) is 19.4 Å². The summed E-state index contributed by atoms with van der Waals surface area (Å²) in [6.45, 7) is 0.100. The molecule has 0 spiro atoms. The molecule has 6 heteroatoms. The van der Waals surface area contributed by atoms with Gasteiger partial charge in [-0.15, -0.1) is 0 Å². The first-order valence-electron chi connectivity index (χ1n) is 7.53. The Morgan fingerprint density at radius 2 is 1.79 bits per heavy atom. The van der Waals surface area contributed by atoms with E-state index in [1.165, 1.54) is 12.1 Å². The Balaban J connectivity index is 1.71. The molecular formula is C18H15F2NO3. The maximum atomic E-state index is 13.2. The molecule has 1 aliphatic heterocycles. The number of rotatable bonds is 4. The molecule has 1 atom stereocenters. The van der Waals surface area contributed by atoms with E-state index in [1.807, 2.05) is 30.3 Å². The van der Waals surface area contributed by atoms with E-state index >= 15 is 0 Å². The van der Waals surface area contributed by atoms with E-state index in [2.05, 4.69) is 0 Å². The third kappa shape index (κ3) is 3.42. The standard InChI is InChI=1S/C18H15F2NO3/c19-14-8-12(9-15(20)10-14)6-7-17(22)21-16(11-24-18(21)23)13-4-2-1-3-5-13/h1-5,8-10,16H,6-7,11H2/t16-/m0/s1. The van der Waals surface area contributed by atoms with Crippen molar-refractivity contribution in [2.75, 3.05) is 6.61 Å². The third-order valence-corrected chi connectivity index (χ3v) is 3.88. The van der Waals surface area contributed by atoms with Gasteiger partial charge in [-0.3, -0.25) is 4.79 Å². The van der Waals surface area contributed by atoms with E-state index in [9.17, 15) is 18.4 Å². The molecule has 24 heavy (non-hydrogen) atoms. The molecule has 0 saturated carbocycles. The zero-order valence-corrected chi connectivity index (χ0v) is 12.7. The molecule has 2 amide bonds. The quantitative estimate of drug-likeness (QED) is 0.860. The van der Waals surface area contributed by atoms with Crippen molar-refractivity contribution in [2.24, 2.45) is 0 Å². The first kappa shape index (κ1) is 16.1. The SMILES string of the molecule is O=C(CCc1cc(F)cc(F)c1)N1C(=O)OC[C@H]1c1ccccc1. The number of halogens is 2. The molecule has 0 aliphatic carbocycles. The lowest BCUT2D eigenvalue weighted by Gasteiger charge is -2.19. The molecular weight excluding hydrogens is 316 g/mol. The van der Waals surface area contributed by atoms with Gasteiger partial charge in [-0.2, -0.15) is 0 Å². The fraction of sp³-hybridized carbons (Fsp3) is 0.222. The fourth-order valence-electron chi connectivity index (χ4n) is 2.74. The summed E-state index contributed by atoms with van der Waals surface area (Å²) in [4.78, 5) is 25.4. The van der Waals surface area contributed by atoms with Gasteiger partial charge in [0.25, 0.3) is 0 Å². The topological polar surface area (TPSA) is 46.6 Å². The van der Waals surface area contributed by atoms with Crippen molar-refractivity contribution in [2.45, 2.75) is 18.9 Å². The molecule has 0 aromatic heterocycles. The largest absolute Gasteiger partial charge is 0.446 e. The highest BCUT2D eigenvalue weighted by atomic mass is 19.1. The Labute approximate surface area is 137 Å². The van der Waals surface area contributed by atoms with Crippen LogP contribution in [0.15, 0.2) is 48.5 Å². The third-order valence-electron chi connectivity index (χ3n) is 3.88. The van der Waals surface area contributed by atoms with Crippen molar-refractivity contribution in [3.8, 4) is 0 Å². The highest BCUT2D eigenvalue weighted by molar-refractivity contribution is 5.93. The number of hydrogen-bond acceptors (Lipinski definition) is 3. The van der Waals surface area contributed by atoms with Crippen molar-refractivity contribution in [1.82, 2.24) is 4.90 Å². The van der Waals surface area contributed by atoms with Crippen LogP contribution >= 0.6 is 0 Å². The minimum absolute atomic E-state index is 0.0404. The van der Waals surface area contributed by atoms with E-state index in [1.54, 1.807) is 0 Å². The molecule has 4 nitrogen and oxygen atoms in total.